The Hall–Kier alpha value is -2.20. The Kier molecular flexibility index (Phi) is 3.47. The van der Waals surface area contributed by atoms with Crippen molar-refractivity contribution < 1.29 is 9.53 Å². The monoisotopic (exact) mass is 297 g/mol. The van der Waals surface area contributed by atoms with Crippen molar-refractivity contribution in [3.05, 3.63) is 47.0 Å². The molecule has 0 saturated heterocycles. The minimum absolute atomic E-state index is 0.0640. The molecule has 0 amide bonds. The lowest BCUT2D eigenvalue weighted by atomic mass is 10.0. The lowest BCUT2D eigenvalue weighted by molar-refractivity contribution is 0.102. The Balaban J connectivity index is 2.26. The van der Waals surface area contributed by atoms with Crippen LogP contribution in [0, 0.1) is 6.92 Å². The second-order valence-electron chi connectivity index (χ2n) is 4.85. The van der Waals surface area contributed by atoms with E-state index in [-0.39, 0.29) is 5.78 Å². The molecule has 21 heavy (non-hydrogen) atoms. The van der Waals surface area contributed by atoms with Crippen molar-refractivity contribution >= 4 is 27.9 Å². The Labute approximate surface area is 127 Å². The average molecular weight is 297 g/mol. The standard InChI is InChI=1S/C17H15NO2S/c1-10-16(11(2)19)21-17(18-10)14-8-9-15(20-3)13-7-5-4-6-12(13)14/h4-9H,1-3H3. The molecule has 3 nitrogen and oxygen atoms in total. The lowest BCUT2D eigenvalue weighted by Crippen LogP contribution is -1.89. The highest BCUT2D eigenvalue weighted by Crippen LogP contribution is 2.37. The van der Waals surface area contributed by atoms with Crippen molar-refractivity contribution in [2.75, 3.05) is 7.11 Å². The Morgan fingerprint density at radius 3 is 2.48 bits per heavy atom. The summed E-state index contributed by atoms with van der Waals surface area (Å²) in [6, 6.07) is 12.0. The number of benzene rings is 2. The topological polar surface area (TPSA) is 39.2 Å². The smallest absolute Gasteiger partial charge is 0.171 e. The molecule has 0 aliphatic rings. The number of fused-ring (bicyclic) bond motifs is 1. The highest BCUT2D eigenvalue weighted by molar-refractivity contribution is 7.17. The van der Waals surface area contributed by atoms with E-state index in [0.29, 0.717) is 0 Å². The molecular formula is C17H15NO2S. The summed E-state index contributed by atoms with van der Waals surface area (Å²) >= 11 is 1.45. The van der Waals surface area contributed by atoms with Gasteiger partial charge in [-0.15, -0.1) is 11.3 Å². The minimum atomic E-state index is 0.0640. The number of carbonyl (C=O) groups is 1. The normalized spacial score (nSPS) is 10.8. The number of nitrogens with zero attached hydrogens (tertiary/aromatic N) is 1. The Bertz CT molecular complexity index is 836. The van der Waals surface area contributed by atoms with Gasteiger partial charge in [0, 0.05) is 17.9 Å². The zero-order chi connectivity index (χ0) is 15.0. The molecular weight excluding hydrogens is 282 g/mol. The van der Waals surface area contributed by atoms with Crippen molar-refractivity contribution in [2.24, 2.45) is 0 Å². The predicted molar refractivity (Wildman–Crippen MR) is 86.3 cm³/mol. The minimum Gasteiger partial charge on any atom is -0.496 e. The van der Waals surface area contributed by atoms with Crippen molar-refractivity contribution in [3.8, 4) is 16.3 Å². The number of ketones is 1. The van der Waals surface area contributed by atoms with E-state index in [1.54, 1.807) is 14.0 Å². The third kappa shape index (κ3) is 2.32. The SMILES string of the molecule is COc1ccc(-c2nc(C)c(C(C)=O)s2)c2ccccc12. The number of aryl methyl sites for hydroxylation is 1. The van der Waals surface area contributed by atoms with Crippen molar-refractivity contribution in [3.63, 3.8) is 0 Å². The summed E-state index contributed by atoms with van der Waals surface area (Å²) in [7, 11) is 1.67. The van der Waals surface area contributed by atoms with E-state index in [0.717, 1.165) is 37.7 Å². The van der Waals surface area contributed by atoms with Gasteiger partial charge in [0.2, 0.25) is 0 Å². The molecule has 0 bridgehead atoms. The predicted octanol–water partition coefficient (Wildman–Crippen LogP) is 4.48. The second kappa shape index (κ2) is 5.30. The van der Waals surface area contributed by atoms with Gasteiger partial charge < -0.3 is 4.74 Å². The summed E-state index contributed by atoms with van der Waals surface area (Å²) in [4.78, 5) is 16.9. The van der Waals surface area contributed by atoms with E-state index in [1.807, 2.05) is 37.3 Å². The fourth-order valence-electron chi connectivity index (χ4n) is 2.47. The fourth-order valence-corrected chi connectivity index (χ4v) is 3.48. The van der Waals surface area contributed by atoms with Gasteiger partial charge in [-0.2, -0.15) is 0 Å². The molecule has 106 valence electrons. The van der Waals surface area contributed by atoms with Crippen LogP contribution in [0.1, 0.15) is 22.3 Å². The van der Waals surface area contributed by atoms with Crippen LogP contribution in [-0.4, -0.2) is 17.9 Å². The van der Waals surface area contributed by atoms with Crippen LogP contribution in [0.4, 0.5) is 0 Å². The quantitative estimate of drug-likeness (QED) is 0.669. The van der Waals surface area contributed by atoms with Gasteiger partial charge in [-0.25, -0.2) is 4.98 Å². The molecule has 0 aliphatic carbocycles. The van der Waals surface area contributed by atoms with E-state index < -0.39 is 0 Å². The van der Waals surface area contributed by atoms with E-state index in [2.05, 4.69) is 11.1 Å². The molecule has 0 spiro atoms. The summed E-state index contributed by atoms with van der Waals surface area (Å²) in [5.74, 6) is 0.906. The number of methoxy groups -OCH3 is 1. The van der Waals surface area contributed by atoms with Crippen LogP contribution in [0.25, 0.3) is 21.3 Å². The van der Waals surface area contributed by atoms with Crippen LogP contribution in [0.15, 0.2) is 36.4 Å². The molecule has 3 aromatic rings. The number of thiazole rings is 1. The van der Waals surface area contributed by atoms with E-state index in [9.17, 15) is 4.79 Å². The summed E-state index contributed by atoms with van der Waals surface area (Å²) in [6.07, 6.45) is 0. The number of hydrogen-bond acceptors (Lipinski definition) is 4. The second-order valence-corrected chi connectivity index (χ2v) is 5.85. The number of rotatable bonds is 3. The van der Waals surface area contributed by atoms with Gasteiger partial charge in [-0.3, -0.25) is 4.79 Å². The first-order valence-corrected chi connectivity index (χ1v) is 7.48. The van der Waals surface area contributed by atoms with Gasteiger partial charge in [0.1, 0.15) is 10.8 Å². The van der Waals surface area contributed by atoms with E-state index in [1.165, 1.54) is 11.3 Å². The number of aromatic nitrogens is 1. The maximum atomic E-state index is 11.6. The van der Waals surface area contributed by atoms with Crippen LogP contribution in [0.5, 0.6) is 5.75 Å². The van der Waals surface area contributed by atoms with E-state index in [4.69, 9.17) is 4.74 Å². The number of ether oxygens (including phenoxy) is 1. The third-order valence-electron chi connectivity index (χ3n) is 3.45. The van der Waals surface area contributed by atoms with Crippen LogP contribution in [-0.2, 0) is 0 Å². The summed E-state index contributed by atoms with van der Waals surface area (Å²) in [5, 5.41) is 3.01. The maximum absolute atomic E-state index is 11.6. The number of Topliss-reactive ketones (excluding diaryl/α,β-unsaturated/α-hetero) is 1. The molecule has 4 heteroatoms. The van der Waals surface area contributed by atoms with Gasteiger partial charge in [0.25, 0.3) is 0 Å². The van der Waals surface area contributed by atoms with Crippen molar-refractivity contribution in [1.29, 1.82) is 0 Å². The molecule has 3 rings (SSSR count). The summed E-state index contributed by atoms with van der Waals surface area (Å²) in [5.41, 5.74) is 1.83. The highest BCUT2D eigenvalue weighted by Gasteiger charge is 2.15. The molecule has 2 aromatic carbocycles. The molecule has 0 fully saturated rings. The van der Waals surface area contributed by atoms with Crippen molar-refractivity contribution in [1.82, 2.24) is 4.98 Å². The Morgan fingerprint density at radius 2 is 1.86 bits per heavy atom. The van der Waals surface area contributed by atoms with Gasteiger partial charge in [0.15, 0.2) is 5.78 Å². The lowest BCUT2D eigenvalue weighted by Gasteiger charge is -2.08. The first kappa shape index (κ1) is 13.8. The first-order valence-electron chi connectivity index (χ1n) is 6.66. The van der Waals surface area contributed by atoms with Gasteiger partial charge in [-0.1, -0.05) is 24.3 Å². The van der Waals surface area contributed by atoms with Gasteiger partial charge >= 0.3 is 0 Å². The fraction of sp³-hybridized carbons (Fsp3) is 0.176. The largest absolute Gasteiger partial charge is 0.496 e. The van der Waals surface area contributed by atoms with Crippen LogP contribution in [0.2, 0.25) is 0 Å². The number of hydrogen-bond donors (Lipinski definition) is 0. The van der Waals surface area contributed by atoms with Crippen LogP contribution in [0.3, 0.4) is 0 Å². The molecule has 1 aromatic heterocycles. The molecule has 0 radical (unpaired) electrons. The molecule has 0 atom stereocenters. The average Bonchev–Trinajstić information content (AvgIpc) is 2.88. The van der Waals surface area contributed by atoms with Crippen LogP contribution < -0.4 is 4.74 Å². The van der Waals surface area contributed by atoms with Gasteiger partial charge in [-0.05, 0) is 24.4 Å². The van der Waals surface area contributed by atoms with Crippen molar-refractivity contribution in [2.45, 2.75) is 13.8 Å². The molecule has 0 unspecified atom stereocenters. The maximum Gasteiger partial charge on any atom is 0.171 e. The zero-order valence-corrected chi connectivity index (χ0v) is 13.0. The highest BCUT2D eigenvalue weighted by atomic mass is 32.1. The van der Waals surface area contributed by atoms with E-state index >= 15 is 0 Å². The van der Waals surface area contributed by atoms with Crippen LogP contribution >= 0.6 is 11.3 Å². The zero-order valence-electron chi connectivity index (χ0n) is 12.1. The summed E-state index contributed by atoms with van der Waals surface area (Å²) in [6.45, 7) is 3.46. The third-order valence-corrected chi connectivity index (χ3v) is 4.74. The molecule has 0 N–H and O–H groups in total. The van der Waals surface area contributed by atoms with Gasteiger partial charge in [0.05, 0.1) is 17.7 Å². The molecule has 0 aliphatic heterocycles. The molecule has 1 heterocycles. The number of carbonyl (C=O) groups excluding carboxylic acids is 1. The Morgan fingerprint density at radius 1 is 1.14 bits per heavy atom. The molecule has 0 saturated carbocycles. The summed E-state index contributed by atoms with van der Waals surface area (Å²) < 4.78 is 5.41. The first-order chi connectivity index (χ1) is 10.1.